The van der Waals surface area contributed by atoms with Crippen molar-refractivity contribution in [2.75, 3.05) is 54.4 Å². The normalized spacial score (nSPS) is 28.0. The van der Waals surface area contributed by atoms with E-state index in [4.69, 9.17) is 83.3 Å². The van der Waals surface area contributed by atoms with Crippen LogP contribution in [0.15, 0.2) is 109 Å². The first kappa shape index (κ1) is 99.6. The van der Waals surface area contributed by atoms with Gasteiger partial charge in [-0.1, -0.05) is 111 Å². The zero-order valence-electron chi connectivity index (χ0n) is 80.8. The van der Waals surface area contributed by atoms with Crippen molar-refractivity contribution in [1.29, 1.82) is 0 Å². The molecule has 0 aliphatic carbocycles. The van der Waals surface area contributed by atoms with Crippen LogP contribution in [0.25, 0.3) is 0 Å². The van der Waals surface area contributed by atoms with Gasteiger partial charge in [0.1, 0.15) is 85.0 Å². The van der Waals surface area contributed by atoms with Gasteiger partial charge in [0, 0.05) is 105 Å². The molecule has 5 aromatic heterocycles. The maximum absolute atomic E-state index is 13.0. The van der Waals surface area contributed by atoms with Gasteiger partial charge in [-0.15, -0.1) is 0 Å². The van der Waals surface area contributed by atoms with Gasteiger partial charge in [0.2, 0.25) is 12.0 Å². The number of hydrogen-bond donors (Lipinski definition) is 14. The minimum Gasteiger partial charge on any atom is -0.463 e. The van der Waals surface area contributed by atoms with E-state index in [1.807, 2.05) is 15.0 Å². The van der Waals surface area contributed by atoms with Gasteiger partial charge in [-0.2, -0.15) is 0 Å². The minimum absolute atomic E-state index is 0.124. The van der Waals surface area contributed by atoms with Crippen LogP contribution in [0.3, 0.4) is 0 Å². The van der Waals surface area contributed by atoms with E-state index in [0.29, 0.717) is 31.3 Å². The summed E-state index contributed by atoms with van der Waals surface area (Å²) in [5.41, 5.74) is -10.3. The number of methoxy groups -OCH3 is 2. The molecule has 19 atom stereocenters. The number of nitrogens with one attached hydrogen (secondary N) is 5. The van der Waals surface area contributed by atoms with Crippen LogP contribution in [0.4, 0.5) is 0 Å². The molecule has 49 heteroatoms. The molecule has 0 amide bonds. The van der Waals surface area contributed by atoms with Crippen LogP contribution < -0.4 is 56.2 Å². The van der Waals surface area contributed by atoms with E-state index < -0.39 is 252 Å². The number of nitrogens with zero attached hydrogens (tertiary/aromatic N) is 5. The fourth-order valence-electron chi connectivity index (χ4n) is 15.3. The second-order valence-corrected chi connectivity index (χ2v) is 50.3. The Morgan fingerprint density at radius 3 is 1.14 bits per heavy atom. The summed E-state index contributed by atoms with van der Waals surface area (Å²) in [6.45, 7) is 29.2. The Morgan fingerprint density at radius 1 is 0.457 bits per heavy atom. The van der Waals surface area contributed by atoms with E-state index in [1.165, 1.54) is 43.3 Å². The van der Waals surface area contributed by atoms with Gasteiger partial charge in [-0.25, -0.2) is 24.0 Å². The predicted octanol–water partition coefficient (Wildman–Crippen LogP) is -1.52. The van der Waals surface area contributed by atoms with Gasteiger partial charge in [0.15, 0.2) is 49.1 Å². The number of aliphatic hydroxyl groups is 9. The number of aliphatic hydroxyl groups excluding tert-OH is 7. The Bertz CT molecular complexity index is 5220. The van der Waals surface area contributed by atoms with Crippen LogP contribution in [0, 0.1) is 0 Å². The first-order chi connectivity index (χ1) is 61.7. The van der Waals surface area contributed by atoms with Gasteiger partial charge in [0.05, 0.1) is 26.4 Å². The Kier molecular flexibility index (Phi) is 37.5. The molecule has 14 N–H and O–H groups in total. The van der Waals surface area contributed by atoms with E-state index in [-0.39, 0.29) is 41.2 Å². The number of aromatic amines is 5. The van der Waals surface area contributed by atoms with E-state index in [0.717, 1.165) is 66.9 Å². The lowest BCUT2D eigenvalue weighted by molar-refractivity contribution is -0.163. The van der Waals surface area contributed by atoms with Gasteiger partial charge in [-0.3, -0.25) is 86.1 Å². The van der Waals surface area contributed by atoms with Crippen molar-refractivity contribution in [1.82, 2.24) is 47.8 Å². The summed E-state index contributed by atoms with van der Waals surface area (Å²) < 4.78 is 125. The molecule has 0 aromatic carbocycles. The van der Waals surface area contributed by atoms with Crippen LogP contribution in [-0.4, -0.2) is 285 Å². The third-order valence-corrected chi connectivity index (χ3v) is 39.4. The lowest BCUT2D eigenvalue weighted by atomic mass is 10.0. The highest BCUT2D eigenvalue weighted by Gasteiger charge is 2.59. The Morgan fingerprint density at radius 2 is 0.811 bits per heavy atom. The second kappa shape index (κ2) is 47.8. The van der Waals surface area contributed by atoms with Crippen molar-refractivity contribution >= 4 is 52.9 Å². The number of Topliss-reactive ketones (excluding diaryl/α,β-unsaturated/α-hetero) is 1. The summed E-state index contributed by atoms with van der Waals surface area (Å²) >= 11 is 0. The van der Waals surface area contributed by atoms with Crippen molar-refractivity contribution in [2.45, 2.75) is 298 Å². The molecule has 0 saturated carbocycles. The zero-order chi connectivity index (χ0) is 101. The number of aromatic nitrogens is 10. The maximum Gasteiger partial charge on any atom is 0.333 e. The third-order valence-electron chi connectivity index (χ3n) is 21.4. The van der Waals surface area contributed by atoms with E-state index in [9.17, 15) is 93.0 Å². The number of rotatable bonds is 30. The summed E-state index contributed by atoms with van der Waals surface area (Å²) in [4.78, 5) is 161. The molecule has 5 aliphatic rings. The van der Waals surface area contributed by atoms with Crippen LogP contribution >= 0.6 is 0 Å². The molecular weight excluding hydrogens is 1750 g/mol. The van der Waals surface area contributed by atoms with Crippen molar-refractivity contribution in [2.24, 2.45) is 0 Å². The number of carbonyl (C=O) groups is 3. The molecule has 5 saturated heterocycles. The van der Waals surface area contributed by atoms with Crippen molar-refractivity contribution < 1.29 is 128 Å². The topological polar surface area (TPSA) is 628 Å². The lowest BCUT2D eigenvalue weighted by Gasteiger charge is -2.43. The molecule has 10 rings (SSSR count). The molecule has 5 aliphatic heterocycles. The zero-order valence-corrected chi connectivity index (χ0v) is 79.1. The van der Waals surface area contributed by atoms with Crippen LogP contribution in [0.2, 0.25) is 44.3 Å². The molecule has 718 valence electrons. The summed E-state index contributed by atoms with van der Waals surface area (Å²) in [6.07, 6.45) is -15.4. The second-order valence-electron chi connectivity index (χ2n) is 33.1. The highest BCUT2D eigenvalue weighted by molar-refractivity contribution is 6.79. The molecule has 0 spiro atoms. The summed E-state index contributed by atoms with van der Waals surface area (Å²) in [6, 6.07) is 5.34. The smallest absolute Gasteiger partial charge is 0.333 e. The average Bonchev–Trinajstić information content (AvgIpc) is 1.58. The predicted molar refractivity (Wildman–Crippen MR) is 463 cm³/mol. The van der Waals surface area contributed by atoms with E-state index in [2.05, 4.69) is 121 Å². The number of ether oxygens (including phenoxy) is 9. The van der Waals surface area contributed by atoms with Gasteiger partial charge in [0.25, 0.3) is 27.8 Å². The molecule has 127 heavy (non-hydrogen) atoms. The minimum atomic E-state index is -3.18. The SMILES string of the molecule is CO.CO[C@H]1C(=O)[C@H](n2ccc(=O)[nH]c2=O)O[C@@H]1CO[Si](O[SiH](C(C)C)C(C)C)(C(C)C)C(C)C.CO[C@H]1[C@@H](O)[C@H](n2ccc(=O)[nH]c2=O)O[C@@H]1CO[Si](O[SiH](C(C)C)C(C)C)(C(C)C)C(C)C.O=c1ccn([C@@H]2O[C@H](CO)[C@@H](O)[C@H]2O)c(=O)[nH]1.[2H][13C]([2H])([2H])[C@]1(O)[C@H](O)[C@@H](CO)O[C@H]1n1ccc(=O)[nH]c1=O.[2H][13C]([2H])([2H])[C@]1(O)[C@H](OC(C)=O)[C@@H](COC(C)=O)O[C@H]1n1ccc(=O)[nH]c1=O. The fraction of sp³-hybridized carbons (Fsp3) is 0.705. The molecule has 0 unspecified atom stereocenters. The highest BCUT2D eigenvalue weighted by Crippen LogP contribution is 2.44. The number of hydrogen-bond acceptors (Lipinski definition) is 35. The summed E-state index contributed by atoms with van der Waals surface area (Å²) in [5, 5.41) is 86.4. The highest BCUT2D eigenvalue weighted by atomic mass is 28.4. The molecule has 5 aromatic rings. The maximum atomic E-state index is 13.0. The van der Waals surface area contributed by atoms with Gasteiger partial charge >= 0.3 is 57.5 Å². The standard InChI is InChI=1S/C22H42N2O7Si2.C22H40N2O7Si2.C14H18N2O8.C10H14N2O6.C9H12N2O6.CH4O/c2*1-13(2)32(14(3)4)31-33(15(5)6,16(7)8)29-12-17-20(28-9)19(26)21(30-17)24-11-10-18(25)23-22(24)27;1-7(17)22-6-9-11(23-8(2)18)14(3,21)12(24-9)16-5-4-10(19)15-13(16)20;1-10(17)7(15)5(4-13)18-8(10)12-3-2-6(14)11-9(12)16;12-3-4-6(14)7(15)8(17-4)11-2-1-5(13)10-9(11)16;1-2/h10-11,13-17,19-21,26,32H,12H2,1-9H3,(H,23,25,27);10-11,13-17,20-21,32H,12H2,1-9H3,(H,23,25,27);4-5,9,11-12,21H,6H2,1-3H3,(H,15,19,20);2-3,5,7-8,13,15,17H,4H2,1H3,(H,11,14,16);1-2,4,6-8,12,14-15H,3H2,(H,10,13,16);2H,1H3/t17-,19-,20-,21-;17-,20-,21-;9-,11-,12-,14+;5-,7-,8-,10+;4-,6-,7-,8-;/m11111./s1/i;;3+1D3;1+1D3;;. The van der Waals surface area contributed by atoms with Crippen molar-refractivity contribution in [3.63, 3.8) is 0 Å². The first-order valence-electron chi connectivity index (χ1n) is 44.0. The Hall–Kier alpha value is -7.92. The molecule has 0 radical (unpaired) electrons. The average molecular weight is 1890 g/mol. The lowest BCUT2D eigenvalue weighted by Crippen LogP contribution is -2.54. The number of carbonyl (C=O) groups excluding carboxylic acids is 3. The van der Waals surface area contributed by atoms with Gasteiger partial charge in [-0.05, 0) is 58.0 Å². The summed E-state index contributed by atoms with van der Waals surface area (Å²) in [5.74, 6) is -2.03. The van der Waals surface area contributed by atoms with E-state index >= 15 is 0 Å². The van der Waals surface area contributed by atoms with Crippen LogP contribution in [0.1, 0.15) is 178 Å². The molecule has 10 heterocycles. The molecule has 0 bridgehead atoms. The Labute approximate surface area is 744 Å². The monoisotopic (exact) mass is 1890 g/mol. The van der Waals surface area contributed by atoms with Crippen LogP contribution in [0.5, 0.6) is 0 Å². The van der Waals surface area contributed by atoms with E-state index in [1.54, 1.807) is 0 Å². The molecule has 5 fully saturated rings. The molecule has 45 nitrogen and oxygen atoms in total. The number of H-pyrrole nitrogens is 5. The van der Waals surface area contributed by atoms with Gasteiger partial charge < -0.3 is 106 Å². The quantitative estimate of drug-likeness (QED) is 0.0141. The Balaban J connectivity index is 0.000000298. The van der Waals surface area contributed by atoms with Crippen LogP contribution in [-0.2, 0) is 74.1 Å². The third kappa shape index (κ3) is 26.7. The summed E-state index contributed by atoms with van der Waals surface area (Å²) in [7, 11) is -4.55. The van der Waals surface area contributed by atoms with Crippen molar-refractivity contribution in [3.05, 3.63) is 166 Å². The number of ketones is 1. The largest absolute Gasteiger partial charge is 0.463 e. The van der Waals surface area contributed by atoms with Crippen molar-refractivity contribution in [3.8, 4) is 0 Å². The fourth-order valence-corrected chi connectivity index (χ4v) is 35.8. The first-order valence-corrected chi connectivity index (χ1v) is 48.5. The molecular formula is C78H130N10O35Si4. The number of esters is 2.